The zero-order valence-corrected chi connectivity index (χ0v) is 32.9. The van der Waals surface area contributed by atoms with Crippen molar-refractivity contribution in [2.45, 2.75) is 154 Å². The van der Waals surface area contributed by atoms with Crippen LogP contribution in [0.4, 0.5) is 0 Å². The van der Waals surface area contributed by atoms with Gasteiger partial charge < -0.3 is 19.7 Å². The van der Waals surface area contributed by atoms with Crippen LogP contribution >= 0.6 is 0 Å². The molecule has 0 saturated heterocycles. The van der Waals surface area contributed by atoms with Crippen LogP contribution in [0.5, 0.6) is 11.8 Å². The van der Waals surface area contributed by atoms with E-state index in [1.54, 1.807) is 6.07 Å². The number of hydrogen-bond acceptors (Lipinski definition) is 8. The lowest BCUT2D eigenvalue weighted by Gasteiger charge is -2.20. The number of imide groups is 2. The van der Waals surface area contributed by atoms with Gasteiger partial charge in [-0.05, 0) is 44.9 Å². The first-order chi connectivity index (χ1) is 26.3. The number of amides is 4. The van der Waals surface area contributed by atoms with Gasteiger partial charge in [-0.2, -0.15) is 0 Å². The summed E-state index contributed by atoms with van der Waals surface area (Å²) in [5.41, 5.74) is 0.667. The van der Waals surface area contributed by atoms with E-state index in [0.29, 0.717) is 44.9 Å². The van der Waals surface area contributed by atoms with E-state index in [0.717, 1.165) is 64.2 Å². The van der Waals surface area contributed by atoms with Gasteiger partial charge in [0, 0.05) is 62.2 Å². The third-order valence-corrected chi connectivity index (χ3v) is 10.1. The summed E-state index contributed by atoms with van der Waals surface area (Å²) in [4.78, 5) is 49.4. The largest absolute Gasteiger partial charge is 0.494 e. The summed E-state index contributed by atoms with van der Waals surface area (Å²) >= 11 is 0. The molecule has 0 aromatic carbocycles. The molecule has 11 heteroatoms. The summed E-state index contributed by atoms with van der Waals surface area (Å²) in [6, 6.07) is 1.62. The van der Waals surface area contributed by atoms with Gasteiger partial charge >= 0.3 is 0 Å². The third-order valence-electron chi connectivity index (χ3n) is 10.1. The van der Waals surface area contributed by atoms with Gasteiger partial charge in [0.05, 0.1) is 19.3 Å². The molecule has 2 aliphatic rings. The SMILES string of the molecule is CCCCCCCCCCCCC/C=C/Cc1cc(O)n(CC(COCCCCCCN2C(=O)C=CC2=O)OCCCCCCN2C(=O)C=CC2=O)c1O. The lowest BCUT2D eigenvalue weighted by atomic mass is 10.1. The second kappa shape index (κ2) is 27.0. The molecule has 11 nitrogen and oxygen atoms in total. The van der Waals surface area contributed by atoms with Gasteiger partial charge in [0.2, 0.25) is 0 Å². The highest BCUT2D eigenvalue weighted by atomic mass is 16.5. The Morgan fingerprint density at radius 1 is 0.611 bits per heavy atom. The predicted molar refractivity (Wildman–Crippen MR) is 211 cm³/mol. The summed E-state index contributed by atoms with van der Waals surface area (Å²) < 4.78 is 13.7. The summed E-state index contributed by atoms with van der Waals surface area (Å²) in [6.45, 7) is 4.61. The van der Waals surface area contributed by atoms with E-state index < -0.39 is 6.10 Å². The molecule has 1 unspecified atom stereocenters. The number of hydrogen-bond donors (Lipinski definition) is 2. The molecule has 0 aliphatic carbocycles. The Labute approximate surface area is 323 Å². The van der Waals surface area contributed by atoms with Crippen molar-refractivity contribution in [3.8, 4) is 11.8 Å². The van der Waals surface area contributed by atoms with Crippen molar-refractivity contribution in [2.24, 2.45) is 0 Å². The molecule has 3 rings (SSSR count). The van der Waals surface area contributed by atoms with E-state index in [4.69, 9.17) is 9.47 Å². The monoisotopic (exact) mass is 753 g/mol. The van der Waals surface area contributed by atoms with Crippen molar-refractivity contribution in [1.29, 1.82) is 0 Å². The molecule has 1 aromatic heterocycles. The van der Waals surface area contributed by atoms with Crippen LogP contribution in [0.1, 0.15) is 141 Å². The number of carbonyl (C=O) groups excluding carboxylic acids is 4. The maximum atomic E-state index is 11.7. The zero-order valence-electron chi connectivity index (χ0n) is 32.9. The van der Waals surface area contributed by atoms with Gasteiger partial charge in [-0.3, -0.25) is 33.5 Å². The molecule has 1 aromatic rings. The Balaban J connectivity index is 1.36. The standard InChI is InChI=1S/C43H67N3O8/c1-2-3-4-5-6-7-8-9-10-11-12-13-14-19-24-36-33-42(51)46(43(36)52)34-37(54-32-23-18-16-21-30-45-40(49)27-28-41(45)50)35-53-31-22-17-15-20-29-44-38(47)25-26-39(44)48/h14,19,25-28,33,37,51-52H,2-13,15-18,20-24,29-32,34-35H2,1H3/b19-14+. The maximum absolute atomic E-state index is 11.7. The Kier molecular flexibility index (Phi) is 22.3. The Bertz CT molecular complexity index is 1330. The molecule has 0 bridgehead atoms. The topological polar surface area (TPSA) is 139 Å². The van der Waals surface area contributed by atoms with Crippen molar-refractivity contribution in [3.05, 3.63) is 48.1 Å². The van der Waals surface area contributed by atoms with Crippen LogP contribution in [0.2, 0.25) is 0 Å². The number of nitrogens with zero attached hydrogens (tertiary/aromatic N) is 3. The van der Waals surface area contributed by atoms with Gasteiger partial charge in [-0.25, -0.2) is 0 Å². The van der Waals surface area contributed by atoms with Gasteiger partial charge in [0.1, 0.15) is 0 Å². The smallest absolute Gasteiger partial charge is 0.253 e. The van der Waals surface area contributed by atoms with E-state index >= 15 is 0 Å². The van der Waals surface area contributed by atoms with E-state index in [1.807, 2.05) is 0 Å². The van der Waals surface area contributed by atoms with Gasteiger partial charge in [-0.1, -0.05) is 109 Å². The summed E-state index contributed by atoms with van der Waals surface area (Å²) in [7, 11) is 0. The van der Waals surface area contributed by atoms with Crippen LogP contribution in [-0.2, 0) is 41.6 Å². The molecular weight excluding hydrogens is 686 g/mol. The molecule has 0 fully saturated rings. The summed E-state index contributed by atoms with van der Waals surface area (Å²) in [5, 5.41) is 21.8. The second-order valence-electron chi connectivity index (χ2n) is 14.7. The average Bonchev–Trinajstić information content (AvgIpc) is 3.76. The van der Waals surface area contributed by atoms with Crippen LogP contribution < -0.4 is 0 Å². The number of carbonyl (C=O) groups is 4. The number of allylic oxidation sites excluding steroid dienone is 2. The van der Waals surface area contributed by atoms with Gasteiger partial charge in [-0.15, -0.1) is 0 Å². The van der Waals surface area contributed by atoms with Crippen molar-refractivity contribution in [2.75, 3.05) is 32.9 Å². The van der Waals surface area contributed by atoms with E-state index in [9.17, 15) is 29.4 Å². The molecule has 0 spiro atoms. The van der Waals surface area contributed by atoms with E-state index in [2.05, 4.69) is 19.1 Å². The predicted octanol–water partition coefficient (Wildman–Crippen LogP) is 8.07. The number of rotatable bonds is 33. The minimum atomic E-state index is -0.399. The molecule has 54 heavy (non-hydrogen) atoms. The maximum Gasteiger partial charge on any atom is 0.253 e. The number of ether oxygens (including phenoxy) is 2. The highest BCUT2D eigenvalue weighted by molar-refractivity contribution is 6.13. The minimum absolute atomic E-state index is 0.0134. The zero-order chi connectivity index (χ0) is 38.8. The lowest BCUT2D eigenvalue weighted by Crippen LogP contribution is -2.30. The first kappa shape index (κ1) is 44.7. The Morgan fingerprint density at radius 3 is 1.65 bits per heavy atom. The molecule has 0 radical (unpaired) electrons. The minimum Gasteiger partial charge on any atom is -0.494 e. The highest BCUT2D eigenvalue weighted by Gasteiger charge is 2.23. The van der Waals surface area contributed by atoms with Crippen LogP contribution in [0.15, 0.2) is 42.5 Å². The molecule has 4 amide bonds. The normalized spacial score (nSPS) is 15.0. The van der Waals surface area contributed by atoms with Crippen molar-refractivity contribution in [1.82, 2.24) is 14.4 Å². The first-order valence-corrected chi connectivity index (χ1v) is 20.8. The van der Waals surface area contributed by atoms with E-state index in [1.165, 1.54) is 103 Å². The highest BCUT2D eigenvalue weighted by Crippen LogP contribution is 2.29. The molecule has 302 valence electrons. The van der Waals surface area contributed by atoms with Gasteiger partial charge in [0.25, 0.3) is 23.6 Å². The van der Waals surface area contributed by atoms with Crippen LogP contribution in [0, 0.1) is 0 Å². The van der Waals surface area contributed by atoms with Crippen molar-refractivity contribution >= 4 is 23.6 Å². The first-order valence-electron chi connectivity index (χ1n) is 20.8. The van der Waals surface area contributed by atoms with Crippen molar-refractivity contribution in [3.63, 3.8) is 0 Å². The third kappa shape index (κ3) is 17.2. The Hall–Kier alpha value is -3.70. The number of unbranched alkanes of at least 4 members (excludes halogenated alkanes) is 17. The molecular formula is C43H67N3O8. The molecule has 2 N–H and O–H groups in total. The fourth-order valence-electron chi connectivity index (χ4n) is 6.84. The van der Waals surface area contributed by atoms with E-state index in [-0.39, 0.29) is 41.9 Å². The summed E-state index contributed by atoms with van der Waals surface area (Å²) in [6.07, 6.45) is 31.7. The van der Waals surface area contributed by atoms with Crippen LogP contribution in [-0.4, -0.2) is 87.2 Å². The fourth-order valence-corrected chi connectivity index (χ4v) is 6.84. The van der Waals surface area contributed by atoms with Crippen molar-refractivity contribution < 1.29 is 38.9 Å². The number of aromatic hydroxyl groups is 2. The Morgan fingerprint density at radius 2 is 1.09 bits per heavy atom. The fraction of sp³-hybridized carbons (Fsp3) is 0.674. The lowest BCUT2D eigenvalue weighted by molar-refractivity contribution is -0.138. The van der Waals surface area contributed by atoms with Crippen LogP contribution in [0.25, 0.3) is 0 Å². The molecule has 3 heterocycles. The molecule has 1 atom stereocenters. The van der Waals surface area contributed by atoms with Crippen LogP contribution in [0.3, 0.4) is 0 Å². The number of aromatic nitrogens is 1. The summed E-state index contributed by atoms with van der Waals surface area (Å²) in [5.74, 6) is -0.991. The second-order valence-corrected chi connectivity index (χ2v) is 14.7. The average molecular weight is 754 g/mol. The molecule has 2 aliphatic heterocycles. The van der Waals surface area contributed by atoms with Gasteiger partial charge in [0.15, 0.2) is 11.8 Å². The molecule has 0 saturated carbocycles. The quantitative estimate of drug-likeness (QED) is 0.0418.